The first kappa shape index (κ1) is 24.3. The van der Waals surface area contributed by atoms with Gasteiger partial charge in [-0.15, -0.1) is 0 Å². The van der Waals surface area contributed by atoms with Crippen LogP contribution in [0.1, 0.15) is 57.0 Å². The lowest BCUT2D eigenvalue weighted by Crippen LogP contribution is -2.47. The zero-order chi connectivity index (χ0) is 24.7. The number of benzene rings is 2. The van der Waals surface area contributed by atoms with E-state index in [-0.39, 0.29) is 17.4 Å². The largest absolute Gasteiger partial charge is 0.492 e. The number of aromatic amines is 1. The third kappa shape index (κ3) is 4.70. The molecule has 1 fully saturated rings. The van der Waals surface area contributed by atoms with E-state index < -0.39 is 17.7 Å². The fraction of sp³-hybridized carbons (Fsp3) is 0.517. The van der Waals surface area contributed by atoms with E-state index in [0.29, 0.717) is 12.5 Å². The smallest absolute Gasteiger partial charge is 0.135 e. The highest BCUT2D eigenvalue weighted by atomic mass is 19.1. The van der Waals surface area contributed by atoms with Gasteiger partial charge in [-0.2, -0.15) is 0 Å². The van der Waals surface area contributed by atoms with Gasteiger partial charge in [-0.25, -0.2) is 8.78 Å². The average molecular weight is 482 g/mol. The minimum atomic E-state index is -0.549. The summed E-state index contributed by atoms with van der Waals surface area (Å²) in [5.74, 6) is 0.297. The number of fused-ring (bicyclic) bond motifs is 3. The van der Waals surface area contributed by atoms with Gasteiger partial charge in [-0.05, 0) is 36.8 Å². The molecule has 3 heterocycles. The second-order valence-corrected chi connectivity index (χ2v) is 10.8. The number of halogens is 2. The monoisotopic (exact) mass is 481 g/mol. The van der Waals surface area contributed by atoms with Crippen LogP contribution in [0.2, 0.25) is 0 Å². The summed E-state index contributed by atoms with van der Waals surface area (Å²) in [6, 6.07) is 10.5. The molecule has 0 bridgehead atoms. The highest BCUT2D eigenvalue weighted by Gasteiger charge is 2.39. The number of hydrogen-bond donors (Lipinski definition) is 1. The number of nitrogens with one attached hydrogen (secondary N) is 1. The second kappa shape index (κ2) is 9.90. The topological polar surface area (TPSA) is 31.5 Å². The standard InChI is InChI=1S/C29H37F2N3O/c1-5-20-16-33(17-20)10-11-35-21-13-24(30)27(25(31)14-21)29-28-23(12-19(4)34(29)15-18(2)3)22-8-6-7-9-26(22)32-28/h6-9,13-14,18-20,29,32H,5,10-12,15-17H2,1-4H3/t19-,29-/m1/s1. The Morgan fingerprint density at radius 1 is 1.11 bits per heavy atom. The molecule has 4 nitrogen and oxygen atoms in total. The molecule has 0 aliphatic carbocycles. The van der Waals surface area contributed by atoms with Gasteiger partial charge in [0.25, 0.3) is 0 Å². The Morgan fingerprint density at radius 3 is 2.51 bits per heavy atom. The number of H-pyrrole nitrogens is 1. The second-order valence-electron chi connectivity index (χ2n) is 10.8. The summed E-state index contributed by atoms with van der Waals surface area (Å²) in [5.41, 5.74) is 3.18. The lowest BCUT2D eigenvalue weighted by atomic mass is 9.87. The Hall–Kier alpha value is -2.44. The Morgan fingerprint density at radius 2 is 1.83 bits per heavy atom. The zero-order valence-corrected chi connectivity index (χ0v) is 21.3. The quantitative estimate of drug-likeness (QED) is 0.418. The normalized spacial score (nSPS) is 21.5. The minimum Gasteiger partial charge on any atom is -0.492 e. The summed E-state index contributed by atoms with van der Waals surface area (Å²) in [7, 11) is 0. The van der Waals surface area contributed by atoms with E-state index in [4.69, 9.17) is 4.74 Å². The zero-order valence-electron chi connectivity index (χ0n) is 21.3. The molecule has 0 saturated carbocycles. The van der Waals surface area contributed by atoms with Gasteiger partial charge < -0.3 is 9.72 Å². The van der Waals surface area contributed by atoms with Crippen molar-refractivity contribution < 1.29 is 13.5 Å². The third-order valence-electron chi connectivity index (χ3n) is 7.71. The molecule has 3 aromatic rings. The molecule has 2 aliphatic heterocycles. The van der Waals surface area contributed by atoms with Gasteiger partial charge in [0.2, 0.25) is 0 Å². The van der Waals surface area contributed by atoms with E-state index in [0.717, 1.165) is 60.7 Å². The highest BCUT2D eigenvalue weighted by Crippen LogP contribution is 2.43. The fourth-order valence-corrected chi connectivity index (χ4v) is 5.84. The van der Waals surface area contributed by atoms with Gasteiger partial charge in [-0.1, -0.05) is 45.4 Å². The van der Waals surface area contributed by atoms with Crippen molar-refractivity contribution in [2.75, 3.05) is 32.8 Å². The summed E-state index contributed by atoms with van der Waals surface area (Å²) in [6.45, 7) is 12.8. The average Bonchev–Trinajstić information content (AvgIpc) is 3.14. The molecule has 0 radical (unpaired) electrons. The van der Waals surface area contributed by atoms with Crippen molar-refractivity contribution >= 4 is 10.9 Å². The van der Waals surface area contributed by atoms with E-state index in [2.05, 4.69) is 48.5 Å². The number of hydrogen-bond acceptors (Lipinski definition) is 3. The molecular weight excluding hydrogens is 444 g/mol. The van der Waals surface area contributed by atoms with Gasteiger partial charge in [0.1, 0.15) is 24.0 Å². The van der Waals surface area contributed by atoms with Crippen molar-refractivity contribution in [2.45, 2.75) is 52.6 Å². The van der Waals surface area contributed by atoms with Crippen LogP contribution in [0.4, 0.5) is 8.78 Å². The molecule has 2 aliphatic rings. The molecule has 35 heavy (non-hydrogen) atoms. The fourth-order valence-electron chi connectivity index (χ4n) is 5.84. The van der Waals surface area contributed by atoms with Gasteiger partial charge >= 0.3 is 0 Å². The number of likely N-dealkylation sites (tertiary alicyclic amines) is 1. The van der Waals surface area contributed by atoms with Crippen molar-refractivity contribution in [3.63, 3.8) is 0 Å². The van der Waals surface area contributed by atoms with Crippen molar-refractivity contribution in [3.8, 4) is 5.75 Å². The predicted octanol–water partition coefficient (Wildman–Crippen LogP) is 6.16. The van der Waals surface area contributed by atoms with E-state index in [9.17, 15) is 0 Å². The molecule has 1 aromatic heterocycles. The lowest BCUT2D eigenvalue weighted by Gasteiger charge is -2.42. The van der Waals surface area contributed by atoms with Crippen LogP contribution >= 0.6 is 0 Å². The van der Waals surface area contributed by atoms with Crippen molar-refractivity contribution in [1.29, 1.82) is 0 Å². The maximum atomic E-state index is 15.7. The van der Waals surface area contributed by atoms with Crippen LogP contribution in [-0.2, 0) is 6.42 Å². The van der Waals surface area contributed by atoms with E-state index in [1.165, 1.54) is 18.6 Å². The molecule has 1 saturated heterocycles. The van der Waals surface area contributed by atoms with E-state index in [1.807, 2.05) is 18.2 Å². The van der Waals surface area contributed by atoms with Crippen LogP contribution in [0.25, 0.3) is 10.9 Å². The van der Waals surface area contributed by atoms with Crippen LogP contribution in [0.3, 0.4) is 0 Å². The SMILES string of the molecule is CCC1CN(CCOc2cc(F)c([C@@H]3c4[nH]c5ccccc5c4C[C@@H](C)N3CC(C)C)c(F)c2)C1. The molecule has 1 N–H and O–H groups in total. The first-order valence-corrected chi connectivity index (χ1v) is 13.0. The summed E-state index contributed by atoms with van der Waals surface area (Å²) in [4.78, 5) is 8.08. The Balaban J connectivity index is 1.45. The third-order valence-corrected chi connectivity index (χ3v) is 7.71. The van der Waals surface area contributed by atoms with Crippen molar-refractivity contribution in [1.82, 2.24) is 14.8 Å². The van der Waals surface area contributed by atoms with Crippen LogP contribution in [0.5, 0.6) is 5.75 Å². The lowest BCUT2D eigenvalue weighted by molar-refractivity contribution is 0.0804. The predicted molar refractivity (Wildman–Crippen MR) is 137 cm³/mol. The van der Waals surface area contributed by atoms with Crippen LogP contribution in [0, 0.1) is 23.5 Å². The number of para-hydroxylation sites is 1. The van der Waals surface area contributed by atoms with E-state index >= 15 is 8.78 Å². The Labute approximate surface area is 207 Å². The first-order chi connectivity index (χ1) is 16.9. The van der Waals surface area contributed by atoms with Crippen molar-refractivity contribution in [3.05, 3.63) is 64.9 Å². The molecule has 0 spiro atoms. The molecule has 188 valence electrons. The van der Waals surface area contributed by atoms with Crippen LogP contribution < -0.4 is 4.74 Å². The number of aromatic nitrogens is 1. The molecule has 0 unspecified atom stereocenters. The molecule has 6 heteroatoms. The van der Waals surface area contributed by atoms with Crippen LogP contribution in [-0.4, -0.2) is 53.6 Å². The highest BCUT2D eigenvalue weighted by molar-refractivity contribution is 5.85. The summed E-state index contributed by atoms with van der Waals surface area (Å²) in [5, 5.41) is 1.14. The molecule has 5 rings (SSSR count). The summed E-state index contributed by atoms with van der Waals surface area (Å²) in [6.07, 6.45) is 2.04. The van der Waals surface area contributed by atoms with Crippen LogP contribution in [0.15, 0.2) is 36.4 Å². The summed E-state index contributed by atoms with van der Waals surface area (Å²) >= 11 is 0. The van der Waals surface area contributed by atoms with Gasteiger partial charge in [0.15, 0.2) is 0 Å². The van der Waals surface area contributed by atoms with Gasteiger partial charge in [0.05, 0.1) is 6.04 Å². The molecular formula is C29H37F2N3O. The maximum Gasteiger partial charge on any atom is 0.135 e. The number of rotatable bonds is 8. The van der Waals surface area contributed by atoms with E-state index in [1.54, 1.807) is 0 Å². The summed E-state index contributed by atoms with van der Waals surface area (Å²) < 4.78 is 37.1. The van der Waals surface area contributed by atoms with Gasteiger partial charge in [-0.3, -0.25) is 9.80 Å². The van der Waals surface area contributed by atoms with Crippen molar-refractivity contribution in [2.24, 2.45) is 11.8 Å². The number of ether oxygens (including phenoxy) is 1. The molecule has 2 aromatic carbocycles. The first-order valence-electron chi connectivity index (χ1n) is 13.0. The molecule has 2 atom stereocenters. The Bertz CT molecular complexity index is 1160. The Kier molecular flexibility index (Phi) is 6.86. The molecule has 0 amide bonds. The minimum absolute atomic E-state index is 0.103. The number of nitrogens with zero attached hydrogens (tertiary/aromatic N) is 2. The maximum absolute atomic E-state index is 15.7. The van der Waals surface area contributed by atoms with Gasteiger partial charge in [0, 0.05) is 66.5 Å².